The first-order chi connectivity index (χ1) is 8.54. The number of allylic oxidation sites excluding steroid dienone is 1. The lowest BCUT2D eigenvalue weighted by atomic mass is 10.1. The second-order valence-electron chi connectivity index (χ2n) is 3.90. The molecule has 4 N–H and O–H groups in total. The molecule has 0 rings (SSSR count). The van der Waals surface area contributed by atoms with Crippen LogP contribution in [0.5, 0.6) is 0 Å². The van der Waals surface area contributed by atoms with Gasteiger partial charge in [0, 0.05) is 26.8 Å². The van der Waals surface area contributed by atoms with E-state index in [0.29, 0.717) is 12.3 Å². The number of aliphatic hydroxyl groups excluding tert-OH is 1. The number of aliphatic hydroxyl groups is 1. The molecule has 0 heterocycles. The number of nitrogens with zero attached hydrogens (tertiary/aromatic N) is 2. The molecule has 0 radical (unpaired) electrons. The molecule has 0 saturated heterocycles. The van der Waals surface area contributed by atoms with Gasteiger partial charge >= 0.3 is 0 Å². The lowest BCUT2D eigenvalue weighted by Gasteiger charge is -2.16. The van der Waals surface area contributed by atoms with Crippen LogP contribution in [0.4, 0.5) is 0 Å². The van der Waals surface area contributed by atoms with Gasteiger partial charge in [0.05, 0.1) is 19.0 Å². The Morgan fingerprint density at radius 3 is 2.72 bits per heavy atom. The van der Waals surface area contributed by atoms with Crippen LogP contribution in [0.3, 0.4) is 0 Å². The zero-order chi connectivity index (χ0) is 14.0. The summed E-state index contributed by atoms with van der Waals surface area (Å²) in [4.78, 5) is 11.2. The van der Waals surface area contributed by atoms with E-state index in [1.807, 2.05) is 38.1 Å². The van der Waals surface area contributed by atoms with Crippen molar-refractivity contribution in [1.82, 2.24) is 10.4 Å². The highest BCUT2D eigenvalue weighted by molar-refractivity contribution is 5.52. The quantitative estimate of drug-likeness (QED) is 0.250. The highest BCUT2D eigenvalue weighted by Gasteiger charge is 2.07. The fourth-order valence-electron chi connectivity index (χ4n) is 1.45. The third-order valence-electron chi connectivity index (χ3n) is 2.25. The van der Waals surface area contributed by atoms with Crippen molar-refractivity contribution >= 4 is 6.34 Å². The van der Waals surface area contributed by atoms with Crippen molar-refractivity contribution in [1.29, 1.82) is 0 Å². The number of rotatable bonds is 8. The molecule has 0 amide bonds. The molecule has 104 valence electrons. The maximum atomic E-state index is 8.85. The van der Waals surface area contributed by atoms with Crippen LogP contribution >= 0.6 is 0 Å². The van der Waals surface area contributed by atoms with Crippen LogP contribution in [0.25, 0.3) is 0 Å². The first kappa shape index (κ1) is 16.5. The van der Waals surface area contributed by atoms with Gasteiger partial charge in [-0.05, 0) is 25.5 Å². The lowest BCUT2D eigenvalue weighted by Crippen LogP contribution is -2.18. The molecule has 6 heteroatoms. The minimum Gasteiger partial charge on any atom is -0.414 e. The summed E-state index contributed by atoms with van der Waals surface area (Å²) in [5.41, 5.74) is 8.95. The van der Waals surface area contributed by atoms with Gasteiger partial charge in [-0.2, -0.15) is 5.48 Å². The van der Waals surface area contributed by atoms with E-state index >= 15 is 0 Å². The predicted molar refractivity (Wildman–Crippen MR) is 73.8 cm³/mol. The van der Waals surface area contributed by atoms with Gasteiger partial charge in [-0.1, -0.05) is 0 Å². The van der Waals surface area contributed by atoms with Crippen molar-refractivity contribution in [2.24, 2.45) is 10.7 Å². The van der Waals surface area contributed by atoms with Gasteiger partial charge in [0.1, 0.15) is 5.76 Å². The van der Waals surface area contributed by atoms with Crippen LogP contribution in [0.15, 0.2) is 28.6 Å². The summed E-state index contributed by atoms with van der Waals surface area (Å²) in [6.45, 7) is 4.48. The van der Waals surface area contributed by atoms with E-state index in [4.69, 9.17) is 15.7 Å². The highest BCUT2D eigenvalue weighted by atomic mass is 16.6. The molecular weight excluding hydrogens is 232 g/mol. The summed E-state index contributed by atoms with van der Waals surface area (Å²) in [6, 6.07) is -0.176. The van der Waals surface area contributed by atoms with Crippen molar-refractivity contribution < 1.29 is 9.94 Å². The summed E-state index contributed by atoms with van der Waals surface area (Å²) in [5.74, 6) is 0.714. The molecule has 0 aromatic carbocycles. The molecule has 0 fully saturated rings. The number of nitrogens with one attached hydrogen (secondary N) is 1. The van der Waals surface area contributed by atoms with Gasteiger partial charge in [-0.15, -0.1) is 0 Å². The van der Waals surface area contributed by atoms with E-state index in [9.17, 15) is 0 Å². The van der Waals surface area contributed by atoms with Crippen molar-refractivity contribution in [3.05, 3.63) is 23.6 Å². The molecular formula is C12H24N4O2. The van der Waals surface area contributed by atoms with Gasteiger partial charge in [0.25, 0.3) is 0 Å². The summed E-state index contributed by atoms with van der Waals surface area (Å²) >= 11 is 0. The number of nitrogens with two attached hydrogens (primary N) is 1. The Morgan fingerprint density at radius 1 is 1.56 bits per heavy atom. The Labute approximate surface area is 109 Å². The first-order valence-electron chi connectivity index (χ1n) is 5.80. The predicted octanol–water partition coefficient (Wildman–Crippen LogP) is 0.225. The van der Waals surface area contributed by atoms with E-state index in [-0.39, 0.29) is 12.6 Å². The average Bonchev–Trinajstić information content (AvgIpc) is 2.29. The maximum absolute atomic E-state index is 8.85. The Hall–Kier alpha value is -1.53. The summed E-state index contributed by atoms with van der Waals surface area (Å²) in [7, 11) is 3.58. The summed E-state index contributed by atoms with van der Waals surface area (Å²) in [5, 5.41) is 8.85. The monoisotopic (exact) mass is 256 g/mol. The smallest absolute Gasteiger partial charge is 0.119 e. The second-order valence-corrected chi connectivity index (χ2v) is 3.90. The zero-order valence-electron chi connectivity index (χ0n) is 11.6. The molecule has 0 bridgehead atoms. The number of hydrogen-bond acceptors (Lipinski definition) is 5. The zero-order valence-corrected chi connectivity index (χ0v) is 11.6. The highest BCUT2D eigenvalue weighted by Crippen LogP contribution is 2.11. The summed E-state index contributed by atoms with van der Waals surface area (Å²) in [6.07, 6.45) is 5.06. The molecule has 0 aromatic rings. The Kier molecular flexibility index (Phi) is 8.69. The topological polar surface area (TPSA) is 83.1 Å². The van der Waals surface area contributed by atoms with Gasteiger partial charge in [0.2, 0.25) is 0 Å². The third-order valence-corrected chi connectivity index (χ3v) is 2.25. The van der Waals surface area contributed by atoms with Crippen LogP contribution in [0.1, 0.15) is 13.8 Å². The van der Waals surface area contributed by atoms with Crippen LogP contribution < -0.4 is 11.2 Å². The fraction of sp³-hybridized carbons (Fsp3) is 0.583. The summed E-state index contributed by atoms with van der Waals surface area (Å²) < 4.78 is 0. The second kappa shape index (κ2) is 9.49. The molecule has 0 aliphatic carbocycles. The Balaban J connectivity index is 4.83. The van der Waals surface area contributed by atoms with Gasteiger partial charge < -0.3 is 20.6 Å². The van der Waals surface area contributed by atoms with Crippen molar-refractivity contribution in [2.75, 3.05) is 27.2 Å². The van der Waals surface area contributed by atoms with E-state index in [1.54, 1.807) is 7.05 Å². The molecule has 0 aliphatic heterocycles. The van der Waals surface area contributed by atoms with Gasteiger partial charge in [-0.3, -0.25) is 4.99 Å². The molecule has 0 aliphatic rings. The van der Waals surface area contributed by atoms with Crippen LogP contribution in [0.2, 0.25) is 0 Å². The normalized spacial score (nSPS) is 14.9. The molecule has 0 spiro atoms. The van der Waals surface area contributed by atoms with Crippen LogP contribution in [-0.2, 0) is 4.84 Å². The molecule has 6 nitrogen and oxygen atoms in total. The number of hydrogen-bond donors (Lipinski definition) is 3. The fourth-order valence-corrected chi connectivity index (χ4v) is 1.45. The standard InChI is InChI=1S/C12H24N4O2/c1-10(8-16(4)5-6-17)12(15-9-13)7-11(2)18-14-3/h7-9,12,14,17H,5-6H2,1-4H3,(H2,13,15)/b10-8+,11-7+. The number of aliphatic imine (C=N–C) groups is 1. The van der Waals surface area contributed by atoms with E-state index < -0.39 is 0 Å². The Bertz CT molecular complexity index is 313. The van der Waals surface area contributed by atoms with E-state index in [0.717, 1.165) is 5.57 Å². The number of likely N-dealkylation sites (N-methyl/N-ethyl adjacent to an activating group) is 1. The van der Waals surface area contributed by atoms with Gasteiger partial charge in [0.15, 0.2) is 0 Å². The van der Waals surface area contributed by atoms with Crippen LogP contribution in [0, 0.1) is 0 Å². The molecule has 18 heavy (non-hydrogen) atoms. The van der Waals surface area contributed by atoms with Crippen LogP contribution in [-0.4, -0.2) is 49.6 Å². The number of hydroxylamine groups is 1. The molecule has 1 atom stereocenters. The van der Waals surface area contributed by atoms with E-state index in [2.05, 4.69) is 10.5 Å². The van der Waals surface area contributed by atoms with Crippen molar-refractivity contribution in [3.63, 3.8) is 0 Å². The molecule has 1 unspecified atom stereocenters. The maximum Gasteiger partial charge on any atom is 0.119 e. The SMILES string of the molecule is CNO/C(C)=C/C(N=CN)/C(C)=C/N(C)CCO. The van der Waals surface area contributed by atoms with E-state index in [1.165, 1.54) is 6.34 Å². The minimum absolute atomic E-state index is 0.114. The van der Waals surface area contributed by atoms with Crippen molar-refractivity contribution in [3.8, 4) is 0 Å². The molecule has 0 aromatic heterocycles. The minimum atomic E-state index is -0.176. The Morgan fingerprint density at radius 2 is 2.22 bits per heavy atom. The van der Waals surface area contributed by atoms with Gasteiger partial charge in [-0.25, -0.2) is 0 Å². The first-order valence-corrected chi connectivity index (χ1v) is 5.80. The molecule has 0 saturated carbocycles. The van der Waals surface area contributed by atoms with Crippen molar-refractivity contribution in [2.45, 2.75) is 19.9 Å². The largest absolute Gasteiger partial charge is 0.414 e. The lowest BCUT2D eigenvalue weighted by molar-refractivity contribution is 0.127. The average molecular weight is 256 g/mol. The third kappa shape index (κ3) is 6.93.